The molecule has 0 aliphatic heterocycles. The maximum atomic E-state index is 13.1. The van der Waals surface area contributed by atoms with Crippen LogP contribution in [0.3, 0.4) is 0 Å². The Kier molecular flexibility index (Phi) is 4.01. The molecule has 0 bridgehead atoms. The number of nitrogens with two attached hydrogens (primary N) is 1. The Hall–Kier alpha value is -1.67. The zero-order valence-electron chi connectivity index (χ0n) is 11.7. The Morgan fingerprint density at radius 2 is 1.68 bits per heavy atom. The molecule has 1 atom stereocenters. The van der Waals surface area contributed by atoms with Crippen molar-refractivity contribution in [3.05, 3.63) is 70.0 Å². The summed E-state index contributed by atoms with van der Waals surface area (Å²) >= 11 is 0. The zero-order chi connectivity index (χ0) is 14.0. The summed E-state index contributed by atoms with van der Waals surface area (Å²) in [5.41, 5.74) is 12.0. The summed E-state index contributed by atoms with van der Waals surface area (Å²) in [6.45, 7) is 6.11. The van der Waals surface area contributed by atoms with Gasteiger partial charge in [-0.25, -0.2) is 4.39 Å². The summed E-state index contributed by atoms with van der Waals surface area (Å²) in [5.74, 6) is -0.194. The minimum Gasteiger partial charge on any atom is -0.324 e. The number of benzene rings is 2. The number of aryl methyl sites for hydroxylation is 3. The molecule has 0 aliphatic rings. The Morgan fingerprint density at radius 3 is 2.32 bits per heavy atom. The average Bonchev–Trinajstić information content (AvgIpc) is 2.36. The van der Waals surface area contributed by atoms with E-state index in [9.17, 15) is 4.39 Å². The van der Waals surface area contributed by atoms with Gasteiger partial charge in [-0.1, -0.05) is 24.3 Å². The molecule has 2 rings (SSSR count). The third-order valence-electron chi connectivity index (χ3n) is 3.70. The lowest BCUT2D eigenvalue weighted by atomic mass is 9.95. The molecule has 2 aromatic carbocycles. The fourth-order valence-corrected chi connectivity index (χ4v) is 2.24. The highest BCUT2D eigenvalue weighted by atomic mass is 19.1. The maximum Gasteiger partial charge on any atom is 0.123 e. The molecule has 0 amide bonds. The van der Waals surface area contributed by atoms with E-state index in [4.69, 9.17) is 5.73 Å². The molecule has 0 spiro atoms. The Bertz CT molecular complexity index is 590. The van der Waals surface area contributed by atoms with E-state index in [1.54, 1.807) is 6.07 Å². The van der Waals surface area contributed by atoms with Crippen molar-refractivity contribution in [2.45, 2.75) is 33.2 Å². The molecule has 0 radical (unpaired) electrons. The molecule has 0 aromatic heterocycles. The molecule has 0 heterocycles. The van der Waals surface area contributed by atoms with E-state index < -0.39 is 0 Å². The fraction of sp³-hybridized carbons (Fsp3) is 0.294. The molecule has 2 heteroatoms. The van der Waals surface area contributed by atoms with Crippen LogP contribution in [0.2, 0.25) is 0 Å². The summed E-state index contributed by atoms with van der Waals surface area (Å²) < 4.78 is 13.1. The molecule has 2 N–H and O–H groups in total. The largest absolute Gasteiger partial charge is 0.324 e. The second kappa shape index (κ2) is 5.54. The van der Waals surface area contributed by atoms with Gasteiger partial charge in [0.25, 0.3) is 0 Å². The van der Waals surface area contributed by atoms with Gasteiger partial charge in [-0.3, -0.25) is 0 Å². The van der Waals surface area contributed by atoms with Crippen molar-refractivity contribution < 1.29 is 4.39 Å². The number of halogens is 1. The van der Waals surface area contributed by atoms with Crippen LogP contribution >= 0.6 is 0 Å². The molecule has 0 aliphatic carbocycles. The normalized spacial score (nSPS) is 12.5. The monoisotopic (exact) mass is 257 g/mol. The molecule has 0 fully saturated rings. The molecule has 0 saturated heterocycles. The van der Waals surface area contributed by atoms with Crippen LogP contribution in [-0.2, 0) is 6.42 Å². The summed E-state index contributed by atoms with van der Waals surface area (Å²) in [4.78, 5) is 0. The lowest BCUT2D eigenvalue weighted by molar-refractivity contribution is 0.624. The first-order valence-corrected chi connectivity index (χ1v) is 6.55. The maximum absolute atomic E-state index is 13.1. The van der Waals surface area contributed by atoms with Crippen LogP contribution < -0.4 is 5.73 Å². The van der Waals surface area contributed by atoms with Crippen LogP contribution in [0.1, 0.15) is 33.9 Å². The van der Waals surface area contributed by atoms with E-state index in [0.717, 1.165) is 23.1 Å². The van der Waals surface area contributed by atoms with E-state index in [2.05, 4.69) is 32.0 Å². The first kappa shape index (κ1) is 13.8. The van der Waals surface area contributed by atoms with Gasteiger partial charge in [0.1, 0.15) is 5.82 Å². The first-order chi connectivity index (χ1) is 8.97. The van der Waals surface area contributed by atoms with Gasteiger partial charge in [-0.05, 0) is 67.1 Å². The zero-order valence-corrected chi connectivity index (χ0v) is 11.7. The van der Waals surface area contributed by atoms with Crippen molar-refractivity contribution in [2.24, 2.45) is 5.73 Å². The minimum absolute atomic E-state index is 0.0524. The van der Waals surface area contributed by atoms with Gasteiger partial charge in [0.15, 0.2) is 0 Å². The summed E-state index contributed by atoms with van der Waals surface area (Å²) in [6.07, 6.45) is 0.731. The summed E-state index contributed by atoms with van der Waals surface area (Å²) in [5, 5.41) is 0. The van der Waals surface area contributed by atoms with Crippen LogP contribution in [0, 0.1) is 26.6 Å². The van der Waals surface area contributed by atoms with E-state index in [0.29, 0.717) is 0 Å². The Morgan fingerprint density at radius 1 is 0.947 bits per heavy atom. The van der Waals surface area contributed by atoms with Gasteiger partial charge < -0.3 is 5.73 Å². The van der Waals surface area contributed by atoms with Crippen LogP contribution in [0.5, 0.6) is 0 Å². The Labute approximate surface area is 114 Å². The predicted octanol–water partition coefficient (Wildman–Crippen LogP) is 3.99. The first-order valence-electron chi connectivity index (χ1n) is 6.55. The van der Waals surface area contributed by atoms with Gasteiger partial charge in [0.05, 0.1) is 0 Å². The van der Waals surface area contributed by atoms with Crippen molar-refractivity contribution in [3.8, 4) is 0 Å². The predicted molar refractivity (Wildman–Crippen MR) is 77.7 cm³/mol. The molecule has 1 unspecified atom stereocenters. The highest BCUT2D eigenvalue weighted by Crippen LogP contribution is 2.21. The smallest absolute Gasteiger partial charge is 0.123 e. The van der Waals surface area contributed by atoms with Crippen molar-refractivity contribution in [1.82, 2.24) is 0 Å². The van der Waals surface area contributed by atoms with Crippen molar-refractivity contribution >= 4 is 0 Å². The molecule has 2 aromatic rings. The topological polar surface area (TPSA) is 26.0 Å². The van der Waals surface area contributed by atoms with Gasteiger partial charge in [-0.15, -0.1) is 0 Å². The fourth-order valence-electron chi connectivity index (χ4n) is 2.24. The van der Waals surface area contributed by atoms with Crippen LogP contribution in [0.4, 0.5) is 4.39 Å². The van der Waals surface area contributed by atoms with Crippen LogP contribution in [0.25, 0.3) is 0 Å². The number of hydrogen-bond acceptors (Lipinski definition) is 1. The number of rotatable bonds is 3. The van der Waals surface area contributed by atoms with Gasteiger partial charge in [0.2, 0.25) is 0 Å². The Balaban J connectivity index is 2.20. The molecule has 1 nitrogen and oxygen atoms in total. The SMILES string of the molecule is Cc1ccc(C(N)Cc2ccc(F)cc2C)cc1C. The van der Waals surface area contributed by atoms with E-state index in [1.807, 2.05) is 13.0 Å². The quantitative estimate of drug-likeness (QED) is 0.884. The van der Waals surface area contributed by atoms with Crippen molar-refractivity contribution in [1.29, 1.82) is 0 Å². The molecule has 0 saturated carbocycles. The summed E-state index contributed by atoms with van der Waals surface area (Å²) in [7, 11) is 0. The average molecular weight is 257 g/mol. The van der Waals surface area contributed by atoms with Crippen molar-refractivity contribution in [2.75, 3.05) is 0 Å². The second-order valence-corrected chi connectivity index (χ2v) is 5.23. The molecule has 100 valence electrons. The van der Waals surface area contributed by atoms with Crippen molar-refractivity contribution in [3.63, 3.8) is 0 Å². The van der Waals surface area contributed by atoms with Gasteiger partial charge in [-0.2, -0.15) is 0 Å². The highest BCUT2D eigenvalue weighted by molar-refractivity contribution is 5.34. The van der Waals surface area contributed by atoms with E-state index in [-0.39, 0.29) is 11.9 Å². The summed E-state index contributed by atoms with van der Waals surface area (Å²) in [6, 6.07) is 11.1. The van der Waals surface area contributed by atoms with Crippen LogP contribution in [-0.4, -0.2) is 0 Å². The third-order valence-corrected chi connectivity index (χ3v) is 3.70. The highest BCUT2D eigenvalue weighted by Gasteiger charge is 2.10. The second-order valence-electron chi connectivity index (χ2n) is 5.23. The number of hydrogen-bond donors (Lipinski definition) is 1. The van der Waals surface area contributed by atoms with E-state index >= 15 is 0 Å². The lowest BCUT2D eigenvalue weighted by Crippen LogP contribution is -2.14. The minimum atomic E-state index is -0.194. The molecular formula is C17H20FN. The van der Waals surface area contributed by atoms with E-state index in [1.165, 1.54) is 17.2 Å². The van der Waals surface area contributed by atoms with Gasteiger partial charge in [0, 0.05) is 6.04 Å². The molecular weight excluding hydrogens is 237 g/mol. The lowest BCUT2D eigenvalue weighted by Gasteiger charge is -2.15. The third kappa shape index (κ3) is 3.21. The molecule has 19 heavy (non-hydrogen) atoms. The standard InChI is InChI=1S/C17H20FN/c1-11-4-5-15(8-12(11)2)17(19)10-14-6-7-16(18)9-13(14)3/h4-9,17H,10,19H2,1-3H3. The van der Waals surface area contributed by atoms with Crippen LogP contribution in [0.15, 0.2) is 36.4 Å². The van der Waals surface area contributed by atoms with Gasteiger partial charge >= 0.3 is 0 Å².